The second-order valence-corrected chi connectivity index (χ2v) is 11.5. The highest BCUT2D eigenvalue weighted by molar-refractivity contribution is 6.42. The highest BCUT2D eigenvalue weighted by atomic mass is 35.5. The summed E-state index contributed by atoms with van der Waals surface area (Å²) < 4.78 is 45.0. The van der Waals surface area contributed by atoms with Crippen molar-refractivity contribution >= 4 is 52.4 Å². The van der Waals surface area contributed by atoms with Gasteiger partial charge in [0.25, 0.3) is 5.78 Å². The number of nitrogens with one attached hydrogen (secondary N) is 2. The van der Waals surface area contributed by atoms with Crippen molar-refractivity contribution in [2.75, 3.05) is 7.11 Å². The first-order valence-corrected chi connectivity index (χ1v) is 14.4. The van der Waals surface area contributed by atoms with Gasteiger partial charge in [0.2, 0.25) is 11.8 Å². The van der Waals surface area contributed by atoms with Crippen LogP contribution >= 0.6 is 34.8 Å². The predicted molar refractivity (Wildman–Crippen MR) is 161 cm³/mol. The molecule has 0 spiro atoms. The first kappa shape index (κ1) is 34.2. The molecule has 0 aliphatic carbocycles. The summed E-state index contributed by atoms with van der Waals surface area (Å²) in [6.07, 6.45) is -5.37. The summed E-state index contributed by atoms with van der Waals surface area (Å²) in [6, 6.07) is 15.3. The molecule has 3 atom stereocenters. The fourth-order valence-electron chi connectivity index (χ4n) is 4.46. The van der Waals surface area contributed by atoms with E-state index in [1.165, 1.54) is 21.0 Å². The highest BCUT2D eigenvalue weighted by Crippen LogP contribution is 2.33. The highest BCUT2D eigenvalue weighted by Gasteiger charge is 2.45. The Morgan fingerprint density at radius 1 is 0.837 bits per heavy atom. The van der Waals surface area contributed by atoms with Gasteiger partial charge in [-0.3, -0.25) is 14.4 Å². The number of amides is 2. The van der Waals surface area contributed by atoms with Crippen molar-refractivity contribution in [1.82, 2.24) is 10.6 Å². The Bertz CT molecular complexity index is 1430. The minimum atomic E-state index is -5.15. The standard InChI is InChI=1S/C31H30Cl3F3N2O4/c1-17(2)28(29(41)31(35,36)37)39-30(42)26(14-18-4-9-21(32)10-5-18)38-27(40)16-23(19-6-11-22(43-3)12-7-19)20-8-13-24(33)25(34)15-20/h4-13,15,17,23,26,28H,14,16H2,1-3H3,(H,38,40)(H,39,42)/t23?,26?,28-/m0/s1. The van der Waals surface area contributed by atoms with Gasteiger partial charge in [0.15, 0.2) is 0 Å². The molecule has 0 radical (unpaired) electrons. The van der Waals surface area contributed by atoms with E-state index in [1.807, 2.05) is 0 Å². The number of carbonyl (C=O) groups is 3. The zero-order chi connectivity index (χ0) is 31.9. The molecule has 0 aliphatic heterocycles. The number of halogens is 6. The van der Waals surface area contributed by atoms with Crippen molar-refractivity contribution in [2.24, 2.45) is 5.92 Å². The van der Waals surface area contributed by atoms with E-state index in [9.17, 15) is 27.6 Å². The Labute approximate surface area is 262 Å². The number of alkyl halides is 3. The molecule has 2 amide bonds. The number of hydrogen-bond acceptors (Lipinski definition) is 4. The molecule has 3 aromatic carbocycles. The van der Waals surface area contributed by atoms with E-state index >= 15 is 0 Å². The summed E-state index contributed by atoms with van der Waals surface area (Å²) in [6.45, 7) is 2.77. The lowest BCUT2D eigenvalue weighted by Crippen LogP contribution is -2.56. The fourth-order valence-corrected chi connectivity index (χ4v) is 4.90. The number of ether oxygens (including phenoxy) is 1. The number of rotatable bonds is 12. The van der Waals surface area contributed by atoms with E-state index in [0.29, 0.717) is 26.9 Å². The number of methoxy groups -OCH3 is 1. The Balaban J connectivity index is 1.92. The number of carbonyl (C=O) groups excluding carboxylic acids is 3. The molecule has 0 aliphatic rings. The minimum absolute atomic E-state index is 0.0697. The maximum atomic E-state index is 13.5. The van der Waals surface area contributed by atoms with Crippen LogP contribution < -0.4 is 15.4 Å². The lowest BCUT2D eigenvalue weighted by Gasteiger charge is -2.26. The largest absolute Gasteiger partial charge is 0.497 e. The third kappa shape index (κ3) is 9.61. The topological polar surface area (TPSA) is 84.5 Å². The van der Waals surface area contributed by atoms with Crippen molar-refractivity contribution in [3.8, 4) is 5.75 Å². The van der Waals surface area contributed by atoms with Gasteiger partial charge in [-0.2, -0.15) is 13.2 Å². The van der Waals surface area contributed by atoms with Gasteiger partial charge in [0.1, 0.15) is 11.8 Å². The first-order valence-electron chi connectivity index (χ1n) is 13.2. The van der Waals surface area contributed by atoms with Crippen LogP contribution in [0.15, 0.2) is 66.7 Å². The lowest BCUT2D eigenvalue weighted by atomic mass is 9.88. The summed E-state index contributed by atoms with van der Waals surface area (Å²) in [5.41, 5.74) is 2.00. The molecule has 0 bridgehead atoms. The van der Waals surface area contributed by atoms with E-state index in [-0.39, 0.29) is 17.9 Å². The van der Waals surface area contributed by atoms with E-state index in [4.69, 9.17) is 39.5 Å². The van der Waals surface area contributed by atoms with Crippen LogP contribution in [0, 0.1) is 5.92 Å². The van der Waals surface area contributed by atoms with Gasteiger partial charge >= 0.3 is 6.18 Å². The van der Waals surface area contributed by atoms with Crippen LogP contribution in [0.3, 0.4) is 0 Å². The van der Waals surface area contributed by atoms with E-state index in [2.05, 4.69) is 10.6 Å². The number of ketones is 1. The summed E-state index contributed by atoms with van der Waals surface area (Å²) in [5, 5.41) is 5.92. The Morgan fingerprint density at radius 2 is 1.44 bits per heavy atom. The minimum Gasteiger partial charge on any atom is -0.497 e. The number of Topliss-reactive ketones (excluding diaryl/α,β-unsaturated/α-hetero) is 1. The van der Waals surface area contributed by atoms with Gasteiger partial charge in [-0.05, 0) is 59.0 Å². The Morgan fingerprint density at radius 3 is 1.98 bits per heavy atom. The molecular formula is C31H30Cl3F3N2O4. The van der Waals surface area contributed by atoms with Crippen LogP contribution in [0.25, 0.3) is 0 Å². The van der Waals surface area contributed by atoms with Crippen molar-refractivity contribution in [1.29, 1.82) is 0 Å². The molecule has 0 fully saturated rings. The van der Waals surface area contributed by atoms with Crippen LogP contribution in [0.1, 0.15) is 42.9 Å². The van der Waals surface area contributed by atoms with Crippen LogP contribution in [0.4, 0.5) is 13.2 Å². The molecule has 3 aromatic rings. The van der Waals surface area contributed by atoms with Crippen LogP contribution in [0.2, 0.25) is 15.1 Å². The van der Waals surface area contributed by atoms with Gasteiger partial charge in [-0.1, -0.05) is 79.0 Å². The number of benzene rings is 3. The van der Waals surface area contributed by atoms with Crippen LogP contribution in [-0.2, 0) is 20.8 Å². The third-order valence-electron chi connectivity index (χ3n) is 6.78. The predicted octanol–water partition coefficient (Wildman–Crippen LogP) is 7.18. The van der Waals surface area contributed by atoms with Gasteiger partial charge in [-0.25, -0.2) is 0 Å². The average molecular weight is 658 g/mol. The molecule has 43 heavy (non-hydrogen) atoms. The average Bonchev–Trinajstić information content (AvgIpc) is 2.96. The molecule has 0 saturated heterocycles. The zero-order valence-corrected chi connectivity index (χ0v) is 25.7. The SMILES string of the molecule is COc1ccc(C(CC(=O)NC(Cc2ccc(Cl)cc2)C(=O)N[C@H](C(=O)C(F)(F)F)C(C)C)c2ccc(Cl)c(Cl)c2)cc1. The Kier molecular flexibility index (Phi) is 11.9. The van der Waals surface area contributed by atoms with Crippen LogP contribution in [-0.4, -0.2) is 43.0 Å². The maximum Gasteiger partial charge on any atom is 0.452 e. The molecule has 6 nitrogen and oxygen atoms in total. The second-order valence-electron chi connectivity index (χ2n) is 10.2. The lowest BCUT2D eigenvalue weighted by molar-refractivity contribution is -0.175. The fraction of sp³-hybridized carbons (Fsp3) is 0.323. The molecule has 3 rings (SSSR count). The summed E-state index contributed by atoms with van der Waals surface area (Å²) in [4.78, 5) is 38.9. The summed E-state index contributed by atoms with van der Waals surface area (Å²) >= 11 is 18.3. The normalized spacial score (nSPS) is 13.6. The quantitative estimate of drug-likeness (QED) is 0.216. The second kappa shape index (κ2) is 14.9. The molecule has 2 unspecified atom stereocenters. The van der Waals surface area contributed by atoms with Crippen molar-refractivity contribution in [3.05, 3.63) is 98.5 Å². The smallest absolute Gasteiger partial charge is 0.452 e. The van der Waals surface area contributed by atoms with Gasteiger partial charge in [-0.15, -0.1) is 0 Å². The van der Waals surface area contributed by atoms with Crippen molar-refractivity contribution in [2.45, 2.75) is 50.9 Å². The molecular weight excluding hydrogens is 628 g/mol. The third-order valence-corrected chi connectivity index (χ3v) is 7.78. The van der Waals surface area contributed by atoms with Crippen molar-refractivity contribution in [3.63, 3.8) is 0 Å². The first-order chi connectivity index (χ1) is 20.2. The number of hydrogen-bond donors (Lipinski definition) is 2. The van der Waals surface area contributed by atoms with E-state index < -0.39 is 47.7 Å². The molecule has 0 saturated carbocycles. The summed E-state index contributed by atoms with van der Waals surface area (Å²) in [5.74, 6) is -4.37. The van der Waals surface area contributed by atoms with E-state index in [1.54, 1.807) is 66.7 Å². The molecule has 230 valence electrons. The molecule has 0 aromatic heterocycles. The molecule has 2 N–H and O–H groups in total. The van der Waals surface area contributed by atoms with Gasteiger partial charge < -0.3 is 15.4 Å². The van der Waals surface area contributed by atoms with Gasteiger partial charge in [0.05, 0.1) is 23.2 Å². The monoisotopic (exact) mass is 656 g/mol. The zero-order valence-electron chi connectivity index (χ0n) is 23.5. The Hall–Kier alpha value is -3.27. The van der Waals surface area contributed by atoms with Crippen molar-refractivity contribution < 1.29 is 32.3 Å². The van der Waals surface area contributed by atoms with E-state index in [0.717, 1.165) is 5.56 Å². The van der Waals surface area contributed by atoms with Gasteiger partial charge in [0, 0.05) is 23.8 Å². The maximum absolute atomic E-state index is 13.5. The van der Waals surface area contributed by atoms with Crippen LogP contribution in [0.5, 0.6) is 5.75 Å². The molecule has 0 heterocycles. The molecule has 12 heteroatoms. The summed E-state index contributed by atoms with van der Waals surface area (Å²) in [7, 11) is 1.52.